The molecule has 1 atom stereocenters. The van der Waals surface area contributed by atoms with Gasteiger partial charge >= 0.3 is 0 Å². The third kappa shape index (κ3) is 3.28. The Morgan fingerprint density at radius 3 is 2.68 bits per heavy atom. The highest BCUT2D eigenvalue weighted by Crippen LogP contribution is 2.39. The van der Waals surface area contributed by atoms with Crippen LogP contribution in [0.2, 0.25) is 0 Å². The minimum absolute atomic E-state index is 0.476. The zero-order valence-corrected chi connectivity index (χ0v) is 12.4. The Morgan fingerprint density at radius 1 is 1.21 bits per heavy atom. The Morgan fingerprint density at radius 2 is 2.00 bits per heavy atom. The van der Waals surface area contributed by atoms with Crippen molar-refractivity contribution in [3.63, 3.8) is 0 Å². The van der Waals surface area contributed by atoms with E-state index < -0.39 is 0 Å². The van der Waals surface area contributed by atoms with Crippen LogP contribution in [0.25, 0.3) is 0 Å². The molecule has 0 saturated heterocycles. The molecule has 1 aliphatic rings. The van der Waals surface area contributed by atoms with Crippen LogP contribution in [0.1, 0.15) is 36.9 Å². The minimum atomic E-state index is 0.476. The normalized spacial score (nSPS) is 18.3. The van der Waals surface area contributed by atoms with E-state index in [9.17, 15) is 5.11 Å². The molecule has 0 spiro atoms. The van der Waals surface area contributed by atoms with Crippen LogP contribution >= 0.6 is 0 Å². The van der Waals surface area contributed by atoms with Crippen molar-refractivity contribution in [1.29, 1.82) is 0 Å². The molecule has 0 fully saturated rings. The summed E-state index contributed by atoms with van der Waals surface area (Å²) in [6.07, 6.45) is 3.33. The van der Waals surface area contributed by atoms with Gasteiger partial charge in [0.1, 0.15) is 5.75 Å². The van der Waals surface area contributed by atoms with Crippen LogP contribution in [-0.4, -0.2) is 48.6 Å². The fourth-order valence-corrected chi connectivity index (χ4v) is 3.03. The molecule has 1 N–H and O–H groups in total. The summed E-state index contributed by atoms with van der Waals surface area (Å²) in [6.45, 7) is 5.56. The number of nitrogens with zero attached hydrogens (tertiary/aromatic N) is 2. The molecule has 0 radical (unpaired) electrons. The van der Waals surface area contributed by atoms with E-state index in [0.717, 1.165) is 32.5 Å². The number of phenols is 1. The summed E-state index contributed by atoms with van der Waals surface area (Å²) < 4.78 is 0. The van der Waals surface area contributed by atoms with Crippen molar-refractivity contribution in [2.45, 2.75) is 32.2 Å². The summed E-state index contributed by atoms with van der Waals surface area (Å²) in [5.74, 6) is 0.476. The first-order valence-corrected chi connectivity index (χ1v) is 7.33. The Hall–Kier alpha value is -1.06. The molecule has 0 amide bonds. The van der Waals surface area contributed by atoms with Crippen LogP contribution in [0, 0.1) is 0 Å². The highest BCUT2D eigenvalue weighted by molar-refractivity contribution is 5.44. The molecule has 106 valence electrons. The van der Waals surface area contributed by atoms with Crippen molar-refractivity contribution in [1.82, 2.24) is 9.80 Å². The molecule has 0 heterocycles. The van der Waals surface area contributed by atoms with Crippen LogP contribution in [0.4, 0.5) is 0 Å². The van der Waals surface area contributed by atoms with Crippen LogP contribution < -0.4 is 0 Å². The van der Waals surface area contributed by atoms with Crippen molar-refractivity contribution < 1.29 is 5.11 Å². The number of phenolic OH excluding ortho intramolecular Hbond substituents is 1. The minimum Gasteiger partial charge on any atom is -0.508 e. The van der Waals surface area contributed by atoms with E-state index in [4.69, 9.17) is 0 Å². The van der Waals surface area contributed by atoms with Crippen molar-refractivity contribution >= 4 is 0 Å². The lowest BCUT2D eigenvalue weighted by Crippen LogP contribution is -2.34. The summed E-state index contributed by atoms with van der Waals surface area (Å²) in [6, 6.07) is 6.46. The Balaban J connectivity index is 2.14. The molecule has 19 heavy (non-hydrogen) atoms. The number of aromatic hydroxyl groups is 1. The van der Waals surface area contributed by atoms with Crippen LogP contribution in [0.3, 0.4) is 0 Å². The lowest BCUT2D eigenvalue weighted by molar-refractivity contribution is 0.178. The molecule has 1 aromatic rings. The zero-order valence-electron chi connectivity index (χ0n) is 12.4. The second kappa shape index (κ2) is 6.40. The first-order chi connectivity index (χ1) is 9.13. The van der Waals surface area contributed by atoms with E-state index >= 15 is 0 Å². The van der Waals surface area contributed by atoms with E-state index in [1.807, 2.05) is 12.1 Å². The molecular formula is C16H26N2O. The Bertz CT molecular complexity index is 417. The highest BCUT2D eigenvalue weighted by atomic mass is 16.3. The summed E-state index contributed by atoms with van der Waals surface area (Å²) >= 11 is 0. The molecule has 2 rings (SSSR count). The van der Waals surface area contributed by atoms with E-state index in [-0.39, 0.29) is 0 Å². The standard InChI is InChI=1S/C16H26N2O/c1-4-10-18(12-11-17(2)3)15-9-8-14-13(15)6-5-7-16(14)19/h5-7,15,19H,4,8-12H2,1-3H3. The topological polar surface area (TPSA) is 26.7 Å². The molecule has 1 aliphatic carbocycles. The molecule has 3 heteroatoms. The fourth-order valence-electron chi connectivity index (χ4n) is 3.03. The van der Waals surface area contributed by atoms with E-state index in [1.54, 1.807) is 0 Å². The summed E-state index contributed by atoms with van der Waals surface area (Å²) in [7, 11) is 4.25. The van der Waals surface area contributed by atoms with Crippen LogP contribution in [0.5, 0.6) is 5.75 Å². The van der Waals surface area contributed by atoms with Crippen molar-refractivity contribution in [2.24, 2.45) is 0 Å². The molecule has 0 bridgehead atoms. The fraction of sp³-hybridized carbons (Fsp3) is 0.625. The van der Waals surface area contributed by atoms with Crippen molar-refractivity contribution in [2.75, 3.05) is 33.7 Å². The van der Waals surface area contributed by atoms with Gasteiger partial charge in [0, 0.05) is 19.1 Å². The maximum absolute atomic E-state index is 9.95. The maximum Gasteiger partial charge on any atom is 0.119 e. The first kappa shape index (κ1) is 14.4. The van der Waals surface area contributed by atoms with Gasteiger partial charge in [-0.1, -0.05) is 19.1 Å². The number of benzene rings is 1. The maximum atomic E-state index is 9.95. The van der Waals surface area contributed by atoms with Crippen molar-refractivity contribution in [3.8, 4) is 5.75 Å². The predicted molar refractivity (Wildman–Crippen MR) is 79.6 cm³/mol. The van der Waals surface area contributed by atoms with Gasteiger partial charge in [-0.05, 0) is 57.1 Å². The second-order valence-corrected chi connectivity index (χ2v) is 5.74. The lowest BCUT2D eigenvalue weighted by Gasteiger charge is -2.30. The average molecular weight is 262 g/mol. The smallest absolute Gasteiger partial charge is 0.119 e. The van der Waals surface area contributed by atoms with Gasteiger partial charge in [-0.2, -0.15) is 0 Å². The molecule has 1 aromatic carbocycles. The van der Waals surface area contributed by atoms with Gasteiger partial charge in [0.05, 0.1) is 0 Å². The largest absolute Gasteiger partial charge is 0.508 e. The number of likely N-dealkylation sites (N-methyl/N-ethyl adjacent to an activating group) is 1. The van der Waals surface area contributed by atoms with Gasteiger partial charge in [0.15, 0.2) is 0 Å². The molecule has 3 nitrogen and oxygen atoms in total. The Labute approximate surface area is 116 Å². The number of fused-ring (bicyclic) bond motifs is 1. The van der Waals surface area contributed by atoms with Crippen molar-refractivity contribution in [3.05, 3.63) is 29.3 Å². The van der Waals surface area contributed by atoms with E-state index in [2.05, 4.69) is 36.9 Å². The quantitative estimate of drug-likeness (QED) is 0.854. The molecule has 0 saturated carbocycles. The van der Waals surface area contributed by atoms with Gasteiger partial charge < -0.3 is 10.0 Å². The van der Waals surface area contributed by atoms with E-state index in [1.165, 1.54) is 17.5 Å². The molecule has 1 unspecified atom stereocenters. The number of hydrogen-bond acceptors (Lipinski definition) is 3. The van der Waals surface area contributed by atoms with Crippen LogP contribution in [-0.2, 0) is 6.42 Å². The monoisotopic (exact) mass is 262 g/mol. The number of hydrogen-bond donors (Lipinski definition) is 1. The average Bonchev–Trinajstić information content (AvgIpc) is 2.79. The predicted octanol–water partition coefficient (Wildman–Crippen LogP) is 2.65. The molecular weight excluding hydrogens is 236 g/mol. The van der Waals surface area contributed by atoms with Gasteiger partial charge in [-0.3, -0.25) is 4.90 Å². The first-order valence-electron chi connectivity index (χ1n) is 7.33. The number of rotatable bonds is 6. The summed E-state index contributed by atoms with van der Waals surface area (Å²) in [5, 5.41) is 9.95. The third-order valence-electron chi connectivity index (χ3n) is 4.00. The van der Waals surface area contributed by atoms with Gasteiger partial charge in [-0.25, -0.2) is 0 Å². The molecule has 0 aliphatic heterocycles. The SMILES string of the molecule is CCCN(CCN(C)C)C1CCc2c(O)cccc21. The van der Waals surface area contributed by atoms with Gasteiger partial charge in [0.2, 0.25) is 0 Å². The zero-order chi connectivity index (χ0) is 13.8. The Kier molecular flexibility index (Phi) is 4.83. The van der Waals surface area contributed by atoms with E-state index in [0.29, 0.717) is 11.8 Å². The summed E-state index contributed by atoms with van der Waals surface area (Å²) in [5.41, 5.74) is 2.51. The van der Waals surface area contributed by atoms with Gasteiger partial charge in [-0.15, -0.1) is 0 Å². The van der Waals surface area contributed by atoms with Crippen LogP contribution in [0.15, 0.2) is 18.2 Å². The third-order valence-corrected chi connectivity index (χ3v) is 4.00. The van der Waals surface area contributed by atoms with Gasteiger partial charge in [0.25, 0.3) is 0 Å². The lowest BCUT2D eigenvalue weighted by atomic mass is 10.1. The second-order valence-electron chi connectivity index (χ2n) is 5.74. The highest BCUT2D eigenvalue weighted by Gasteiger charge is 2.28. The molecule has 0 aromatic heterocycles. The summed E-state index contributed by atoms with van der Waals surface area (Å²) in [4.78, 5) is 4.81.